The summed E-state index contributed by atoms with van der Waals surface area (Å²) in [4.78, 5) is 37.3. The summed E-state index contributed by atoms with van der Waals surface area (Å²) in [6.45, 7) is 10.9. The van der Waals surface area contributed by atoms with Crippen LogP contribution >= 0.6 is 11.8 Å². The average Bonchev–Trinajstić information content (AvgIpc) is 3.45. The van der Waals surface area contributed by atoms with E-state index in [-0.39, 0.29) is 53.5 Å². The predicted octanol–water partition coefficient (Wildman–Crippen LogP) is -0.139. The molecule has 0 aliphatic carbocycles. The Hall–Kier alpha value is -4.23. The van der Waals surface area contributed by atoms with Gasteiger partial charge in [0.05, 0.1) is 26.4 Å². The van der Waals surface area contributed by atoms with Gasteiger partial charge in [-0.1, -0.05) is 133 Å². The second-order valence-electron chi connectivity index (χ2n) is 18.2. The van der Waals surface area contributed by atoms with Crippen LogP contribution in [0.2, 0.25) is 0 Å². The third-order valence-electron chi connectivity index (χ3n) is 13.1. The van der Waals surface area contributed by atoms with E-state index in [0.29, 0.717) is 36.8 Å². The summed E-state index contributed by atoms with van der Waals surface area (Å²) in [6.07, 6.45) is 5.35. The average molecular weight is 1210 g/mol. The minimum atomic E-state index is -5.94. The van der Waals surface area contributed by atoms with Crippen molar-refractivity contribution in [3.63, 3.8) is 0 Å². The van der Waals surface area contributed by atoms with Crippen LogP contribution in [0.3, 0.4) is 0 Å². The first kappa shape index (κ1) is 63.6. The van der Waals surface area contributed by atoms with Crippen LogP contribution in [0.15, 0.2) is 180 Å². The van der Waals surface area contributed by atoms with Gasteiger partial charge >= 0.3 is 41.6 Å². The molecule has 0 bridgehead atoms. The van der Waals surface area contributed by atoms with Crippen LogP contribution in [0.25, 0.3) is 0 Å². The fourth-order valence-corrected chi connectivity index (χ4v) is 10.0. The van der Waals surface area contributed by atoms with Gasteiger partial charge in [0.15, 0.2) is 0 Å². The van der Waals surface area contributed by atoms with Gasteiger partial charge in [0.2, 0.25) is 0 Å². The summed E-state index contributed by atoms with van der Waals surface area (Å²) in [5.41, 5.74) is 6.54. The predicted molar refractivity (Wildman–Crippen MR) is 291 cm³/mol. The molecule has 15 nitrogen and oxygen atoms in total. The summed E-state index contributed by atoms with van der Waals surface area (Å²) in [5, 5.41) is 6.18. The molecule has 1 atom stereocenters. The molecule has 2 saturated heterocycles. The van der Waals surface area contributed by atoms with Crippen molar-refractivity contribution in [2.75, 3.05) is 115 Å². The van der Waals surface area contributed by atoms with Crippen molar-refractivity contribution in [1.29, 1.82) is 0 Å². The Morgan fingerprint density at radius 2 is 0.909 bits per heavy atom. The van der Waals surface area contributed by atoms with E-state index < -0.39 is 30.9 Å². The molecule has 4 amide bonds. The van der Waals surface area contributed by atoms with Crippen LogP contribution in [-0.2, 0) is 20.3 Å². The number of carbonyl (C=O) groups excluding carboxylic acids is 2. The number of nitrogens with one attached hydrogen (secondary N) is 2. The van der Waals surface area contributed by atoms with Crippen molar-refractivity contribution >= 4 is 46.0 Å². The Labute approximate surface area is 489 Å². The number of ether oxygens (including phenoxy) is 2. The first-order valence-corrected chi connectivity index (χ1v) is 31.7. The monoisotopic (exact) mass is 1210 g/mol. The van der Waals surface area contributed by atoms with Crippen molar-refractivity contribution < 1.29 is 86.7 Å². The SMILES string of the molecule is CS(=O)c1cccc(NC(=O)N(CCC(c2ccccc2)c2ccccc2)CCN2CCOCC2)c1.CSc1cccc(NC(=O)N(CCC(c2ccccc2)c2ccccc2)CCN2CCOCC2)c1.[Na+].[O-][I+3]([O-])([O-])[O-]. The third-order valence-corrected chi connectivity index (χ3v) is 14.7. The van der Waals surface area contributed by atoms with Crippen LogP contribution in [-0.4, -0.2) is 140 Å². The molecule has 6 aromatic rings. The van der Waals surface area contributed by atoms with E-state index in [1.54, 1.807) is 24.1 Å². The van der Waals surface area contributed by atoms with Gasteiger partial charge in [0.25, 0.3) is 0 Å². The number of morpholine rings is 2. The van der Waals surface area contributed by atoms with Gasteiger partial charge in [-0.15, -0.1) is 11.8 Å². The van der Waals surface area contributed by atoms with Crippen molar-refractivity contribution in [1.82, 2.24) is 19.6 Å². The van der Waals surface area contributed by atoms with Crippen molar-refractivity contribution in [3.05, 3.63) is 192 Å². The molecule has 2 aliphatic rings. The Kier molecular flexibility index (Phi) is 28.7. The second kappa shape index (κ2) is 34.7. The molecule has 0 aromatic heterocycles. The third kappa shape index (κ3) is 23.6. The Balaban J connectivity index is 0.000000258. The summed E-state index contributed by atoms with van der Waals surface area (Å²) < 4.78 is 57.4. The number of rotatable bonds is 20. The van der Waals surface area contributed by atoms with E-state index in [2.05, 4.69) is 136 Å². The Morgan fingerprint density at radius 3 is 1.26 bits per heavy atom. The first-order valence-electron chi connectivity index (χ1n) is 25.4. The number of carbonyl (C=O) groups is 2. The molecule has 2 N–H and O–H groups in total. The summed E-state index contributed by atoms with van der Waals surface area (Å²) in [6, 6.07) is 57.3. The standard InChI is InChI=1S/C29H35N3O3S.C29H35N3O2S.IO4.Na/c1-36(34)27-14-8-13-26(23-27)30-29(33)32(18-17-31-19-21-35-22-20-31)16-15-28(24-9-4-2-5-10-24)25-11-6-3-7-12-25;1-35-27-14-8-13-26(23-27)30-29(33)32(18-17-31-19-21-34-22-20-31)16-15-28(24-9-4-2-5-10-24)25-11-6-3-7-12-25;2-1(3,4)5;/h2-14,23,28H,15-22H2,1H3,(H,30,33);2-14,23,28H,15-22H2,1H3,(H,30,33);;/q;;-1;+1. The quantitative estimate of drug-likeness (QED) is 0.0584. The van der Waals surface area contributed by atoms with Gasteiger partial charge in [-0.2, -0.15) is 0 Å². The molecule has 406 valence electrons. The maximum Gasteiger partial charge on any atom is 1.00 e. The maximum atomic E-state index is 13.4. The van der Waals surface area contributed by atoms with Gasteiger partial charge in [0, 0.05) is 116 Å². The molecule has 2 aliphatic heterocycles. The normalized spacial score (nSPS) is 14.2. The van der Waals surface area contributed by atoms with Crippen molar-refractivity contribution in [3.8, 4) is 0 Å². The molecule has 2 fully saturated rings. The molecular formula is C58H70IN6NaO9S2. The molecule has 6 aromatic carbocycles. The molecule has 77 heavy (non-hydrogen) atoms. The van der Waals surface area contributed by atoms with Gasteiger partial charge in [-0.3, -0.25) is 27.8 Å². The van der Waals surface area contributed by atoms with E-state index in [4.69, 9.17) is 23.2 Å². The zero-order valence-corrected chi connectivity index (χ0v) is 50.1. The van der Waals surface area contributed by atoms with Gasteiger partial charge in [-0.05, 0) is 77.7 Å². The number of nitrogens with zero attached hydrogens (tertiary/aromatic N) is 4. The van der Waals surface area contributed by atoms with E-state index in [0.717, 1.165) is 89.1 Å². The number of hydrogen-bond acceptors (Lipinski definition) is 12. The topological polar surface area (TPSA) is 199 Å². The zero-order chi connectivity index (χ0) is 54.0. The summed E-state index contributed by atoms with van der Waals surface area (Å²) >= 11 is -4.27. The number of amides is 4. The number of thioether (sulfide) groups is 1. The number of urea groups is 2. The largest absolute Gasteiger partial charge is 1.00 e. The fraction of sp³-hybridized carbons (Fsp3) is 0.345. The molecule has 2 heterocycles. The van der Waals surface area contributed by atoms with E-state index in [9.17, 15) is 13.8 Å². The van der Waals surface area contributed by atoms with Crippen LogP contribution < -0.4 is 74.0 Å². The molecule has 0 saturated carbocycles. The number of anilines is 2. The Bertz CT molecular complexity index is 2560. The van der Waals surface area contributed by atoms with Crippen molar-refractivity contribution in [2.24, 2.45) is 0 Å². The summed E-state index contributed by atoms with van der Waals surface area (Å²) in [5.74, 6) is 0.424. The van der Waals surface area contributed by atoms with E-state index in [1.165, 1.54) is 22.3 Å². The fourth-order valence-electron chi connectivity index (χ4n) is 9.02. The van der Waals surface area contributed by atoms with Crippen LogP contribution in [0.5, 0.6) is 0 Å². The second-order valence-corrected chi connectivity index (χ2v) is 22.6. The maximum absolute atomic E-state index is 13.4. The van der Waals surface area contributed by atoms with Crippen LogP contribution in [0.4, 0.5) is 21.0 Å². The first-order chi connectivity index (χ1) is 36.8. The number of halogens is 1. The van der Waals surface area contributed by atoms with Gasteiger partial charge in [0.1, 0.15) is 20.1 Å². The number of benzene rings is 6. The molecular weight excluding hydrogens is 1140 g/mol. The smallest absolute Gasteiger partial charge is 0.379 e. The summed E-state index contributed by atoms with van der Waals surface area (Å²) in [7, 11) is -1.11. The van der Waals surface area contributed by atoms with Crippen molar-refractivity contribution in [2.45, 2.75) is 34.5 Å². The Morgan fingerprint density at radius 1 is 0.558 bits per heavy atom. The minimum Gasteiger partial charge on any atom is -0.379 e. The van der Waals surface area contributed by atoms with Gasteiger partial charge < -0.3 is 29.9 Å². The number of hydrogen-bond donors (Lipinski definition) is 2. The molecule has 19 heteroatoms. The van der Waals surface area contributed by atoms with E-state index >= 15 is 0 Å². The van der Waals surface area contributed by atoms with Crippen LogP contribution in [0, 0.1) is 0 Å². The van der Waals surface area contributed by atoms with Crippen LogP contribution in [0.1, 0.15) is 46.9 Å². The molecule has 8 rings (SSSR count). The minimum absolute atomic E-state index is 0. The molecule has 0 spiro atoms. The molecule has 0 radical (unpaired) electrons. The van der Waals surface area contributed by atoms with Gasteiger partial charge in [-0.25, -0.2) is 9.59 Å². The zero-order valence-electron chi connectivity index (χ0n) is 44.3. The van der Waals surface area contributed by atoms with E-state index in [1.807, 2.05) is 64.6 Å². The molecule has 1 unspecified atom stereocenters.